The van der Waals surface area contributed by atoms with E-state index in [1.165, 1.54) is 27.7 Å². The van der Waals surface area contributed by atoms with Crippen LogP contribution in [0.15, 0.2) is 54.6 Å². The number of aryl methyl sites for hydroxylation is 3. The molecule has 0 saturated heterocycles. The molecule has 0 radical (unpaired) electrons. The highest BCUT2D eigenvalue weighted by Gasteiger charge is 2.07. The normalized spacial score (nSPS) is 11.3. The van der Waals surface area contributed by atoms with E-state index in [0.29, 0.717) is 0 Å². The minimum Gasteiger partial charge on any atom is -0.358 e. The van der Waals surface area contributed by atoms with Crippen LogP contribution in [0.4, 0.5) is 0 Å². The average molecular weight is 332 g/mol. The van der Waals surface area contributed by atoms with Gasteiger partial charge in [0.2, 0.25) is 5.91 Å². The summed E-state index contributed by atoms with van der Waals surface area (Å²) in [5.74, 6) is -0.0850. The van der Waals surface area contributed by atoms with Crippen LogP contribution in [-0.4, -0.2) is 17.9 Å². The molecule has 0 atom stereocenters. The summed E-state index contributed by atoms with van der Waals surface area (Å²) in [6.07, 6.45) is 6.63. The monoisotopic (exact) mass is 332 g/mol. The Morgan fingerprint density at radius 1 is 1.08 bits per heavy atom. The number of rotatable bonds is 6. The van der Waals surface area contributed by atoms with Crippen LogP contribution in [0.3, 0.4) is 0 Å². The van der Waals surface area contributed by atoms with Crippen molar-refractivity contribution in [1.29, 1.82) is 0 Å². The maximum Gasteiger partial charge on any atom is 0.243 e. The first-order chi connectivity index (χ1) is 12.2. The van der Waals surface area contributed by atoms with Crippen molar-refractivity contribution in [1.82, 2.24) is 10.3 Å². The number of aromatic nitrogens is 1. The number of aromatic amines is 1. The number of H-pyrrole nitrogens is 1. The lowest BCUT2D eigenvalue weighted by molar-refractivity contribution is -0.115. The first-order valence-electron chi connectivity index (χ1n) is 8.72. The SMILES string of the molecule is CNC(=O)/C=C/c1ccc(CCCc2c(C)[nH]c3ccccc23)cc1. The molecule has 0 fully saturated rings. The standard InChI is InChI=1S/C22H24N2O/c1-16-19(20-7-3-4-9-21(20)24-16)8-5-6-17-10-12-18(13-11-17)14-15-22(25)23-2/h3-4,7,9-15,24H,5-6,8H2,1-2H3,(H,23,25)/b15-14+. The largest absolute Gasteiger partial charge is 0.358 e. The molecule has 3 heteroatoms. The molecule has 0 bridgehead atoms. The third-order valence-electron chi connectivity index (χ3n) is 4.57. The molecule has 0 aliphatic carbocycles. The lowest BCUT2D eigenvalue weighted by Gasteiger charge is -2.04. The smallest absolute Gasteiger partial charge is 0.243 e. The highest BCUT2D eigenvalue weighted by atomic mass is 16.1. The van der Waals surface area contributed by atoms with E-state index in [4.69, 9.17) is 0 Å². The van der Waals surface area contributed by atoms with E-state index in [0.717, 1.165) is 24.8 Å². The highest BCUT2D eigenvalue weighted by molar-refractivity contribution is 5.91. The van der Waals surface area contributed by atoms with E-state index < -0.39 is 0 Å². The van der Waals surface area contributed by atoms with Crippen LogP contribution in [0.1, 0.15) is 28.8 Å². The second kappa shape index (κ2) is 7.84. The summed E-state index contributed by atoms with van der Waals surface area (Å²) >= 11 is 0. The number of benzene rings is 2. The molecular formula is C22H24N2O. The Hall–Kier alpha value is -2.81. The van der Waals surface area contributed by atoms with Gasteiger partial charge < -0.3 is 10.3 Å². The fraction of sp³-hybridized carbons (Fsp3) is 0.227. The van der Waals surface area contributed by atoms with Crippen LogP contribution in [0.2, 0.25) is 0 Å². The van der Waals surface area contributed by atoms with Crippen molar-refractivity contribution in [3.8, 4) is 0 Å². The van der Waals surface area contributed by atoms with Crippen molar-refractivity contribution in [3.05, 3.63) is 77.0 Å². The van der Waals surface area contributed by atoms with Crippen LogP contribution < -0.4 is 5.32 Å². The maximum atomic E-state index is 11.2. The minimum atomic E-state index is -0.0850. The summed E-state index contributed by atoms with van der Waals surface area (Å²) < 4.78 is 0. The Labute approximate surface area is 148 Å². The first kappa shape index (κ1) is 17.0. The number of fused-ring (bicyclic) bond motifs is 1. The zero-order valence-electron chi connectivity index (χ0n) is 14.8. The molecule has 3 nitrogen and oxygen atoms in total. The molecule has 0 saturated carbocycles. The second-order valence-electron chi connectivity index (χ2n) is 6.32. The van der Waals surface area contributed by atoms with Gasteiger partial charge in [-0.3, -0.25) is 4.79 Å². The molecule has 1 aromatic heterocycles. The predicted molar refractivity (Wildman–Crippen MR) is 105 cm³/mol. The quantitative estimate of drug-likeness (QED) is 0.645. The zero-order valence-corrected chi connectivity index (χ0v) is 14.8. The van der Waals surface area contributed by atoms with Crippen molar-refractivity contribution in [3.63, 3.8) is 0 Å². The van der Waals surface area contributed by atoms with Gasteiger partial charge in [0.1, 0.15) is 0 Å². The molecule has 2 N–H and O–H groups in total. The zero-order chi connectivity index (χ0) is 17.6. The topological polar surface area (TPSA) is 44.9 Å². The molecule has 3 aromatic rings. The van der Waals surface area contributed by atoms with Gasteiger partial charge in [-0.05, 0) is 55.0 Å². The molecule has 128 valence electrons. The van der Waals surface area contributed by atoms with Gasteiger partial charge in [-0.2, -0.15) is 0 Å². The van der Waals surface area contributed by atoms with Crippen LogP contribution in [-0.2, 0) is 17.6 Å². The molecule has 3 rings (SSSR count). The molecule has 0 aliphatic heterocycles. The van der Waals surface area contributed by atoms with E-state index in [2.05, 4.69) is 65.8 Å². The van der Waals surface area contributed by atoms with E-state index in [1.807, 2.05) is 6.08 Å². The van der Waals surface area contributed by atoms with Crippen molar-refractivity contribution in [2.45, 2.75) is 26.2 Å². The fourth-order valence-electron chi connectivity index (χ4n) is 3.18. The van der Waals surface area contributed by atoms with Crippen LogP contribution in [0, 0.1) is 6.92 Å². The van der Waals surface area contributed by atoms with E-state index in [-0.39, 0.29) is 5.91 Å². The number of carbonyl (C=O) groups excluding carboxylic acids is 1. The van der Waals surface area contributed by atoms with Gasteiger partial charge in [-0.15, -0.1) is 0 Å². The van der Waals surface area contributed by atoms with Crippen LogP contribution >= 0.6 is 0 Å². The van der Waals surface area contributed by atoms with Crippen LogP contribution in [0.25, 0.3) is 17.0 Å². The lowest BCUT2D eigenvalue weighted by atomic mass is 10.0. The van der Waals surface area contributed by atoms with Crippen molar-refractivity contribution in [2.75, 3.05) is 7.05 Å². The number of hydrogen-bond donors (Lipinski definition) is 2. The molecule has 0 unspecified atom stereocenters. The van der Waals surface area contributed by atoms with E-state index in [1.54, 1.807) is 13.1 Å². The number of hydrogen-bond acceptors (Lipinski definition) is 1. The number of likely N-dealkylation sites (N-methyl/N-ethyl adjacent to an activating group) is 1. The van der Waals surface area contributed by atoms with E-state index >= 15 is 0 Å². The summed E-state index contributed by atoms with van der Waals surface area (Å²) in [4.78, 5) is 14.7. The van der Waals surface area contributed by atoms with Crippen LogP contribution in [0.5, 0.6) is 0 Å². The molecule has 1 amide bonds. The number of para-hydroxylation sites is 1. The molecule has 2 aromatic carbocycles. The summed E-state index contributed by atoms with van der Waals surface area (Å²) in [5.41, 5.74) is 6.30. The molecule has 1 heterocycles. The Bertz CT molecular complexity index is 888. The fourth-order valence-corrected chi connectivity index (χ4v) is 3.18. The molecular weight excluding hydrogens is 308 g/mol. The Morgan fingerprint density at radius 3 is 2.60 bits per heavy atom. The summed E-state index contributed by atoms with van der Waals surface area (Å²) in [6.45, 7) is 2.16. The van der Waals surface area contributed by atoms with Gasteiger partial charge >= 0.3 is 0 Å². The number of amides is 1. The maximum absolute atomic E-state index is 11.2. The third-order valence-corrected chi connectivity index (χ3v) is 4.57. The lowest BCUT2D eigenvalue weighted by Crippen LogP contribution is -2.13. The van der Waals surface area contributed by atoms with E-state index in [9.17, 15) is 4.79 Å². The van der Waals surface area contributed by atoms with Gasteiger partial charge in [0.25, 0.3) is 0 Å². The minimum absolute atomic E-state index is 0.0850. The highest BCUT2D eigenvalue weighted by Crippen LogP contribution is 2.23. The first-order valence-corrected chi connectivity index (χ1v) is 8.72. The summed E-state index contributed by atoms with van der Waals surface area (Å²) in [6, 6.07) is 16.9. The Kier molecular flexibility index (Phi) is 5.34. The summed E-state index contributed by atoms with van der Waals surface area (Å²) in [7, 11) is 1.63. The van der Waals surface area contributed by atoms with Gasteiger partial charge in [-0.25, -0.2) is 0 Å². The average Bonchev–Trinajstić information content (AvgIpc) is 2.96. The van der Waals surface area contributed by atoms with Gasteiger partial charge in [0.15, 0.2) is 0 Å². The second-order valence-corrected chi connectivity index (χ2v) is 6.32. The third kappa shape index (κ3) is 4.18. The molecule has 0 aliphatic rings. The van der Waals surface area contributed by atoms with Crippen molar-refractivity contribution < 1.29 is 4.79 Å². The van der Waals surface area contributed by atoms with Gasteiger partial charge in [0, 0.05) is 29.7 Å². The van der Waals surface area contributed by atoms with Gasteiger partial charge in [0.05, 0.1) is 0 Å². The van der Waals surface area contributed by atoms with Gasteiger partial charge in [-0.1, -0.05) is 42.5 Å². The molecule has 25 heavy (non-hydrogen) atoms. The molecule has 0 spiro atoms. The Balaban J connectivity index is 1.59. The Morgan fingerprint density at radius 2 is 1.84 bits per heavy atom. The summed E-state index contributed by atoms with van der Waals surface area (Å²) in [5, 5.41) is 3.92. The number of carbonyl (C=O) groups is 1. The van der Waals surface area contributed by atoms with Crippen molar-refractivity contribution in [2.24, 2.45) is 0 Å². The predicted octanol–water partition coefficient (Wildman–Crippen LogP) is 4.41. The van der Waals surface area contributed by atoms with Crippen molar-refractivity contribution >= 4 is 22.9 Å². The number of nitrogens with one attached hydrogen (secondary N) is 2.